The molecule has 1 atom stereocenters. The van der Waals surface area contributed by atoms with E-state index in [4.69, 9.17) is 4.74 Å². The molecule has 0 aromatic carbocycles. The Kier molecular flexibility index (Phi) is 4.69. The van der Waals surface area contributed by atoms with Crippen LogP contribution in [-0.2, 0) is 9.53 Å². The first-order valence-corrected chi connectivity index (χ1v) is 6.92. The molecule has 0 spiro atoms. The Balaban J connectivity index is 2.67. The number of ether oxygens (including phenoxy) is 1. The van der Waals surface area contributed by atoms with Gasteiger partial charge >= 0.3 is 12.0 Å². The van der Waals surface area contributed by atoms with Gasteiger partial charge in [-0.1, -0.05) is 0 Å². The van der Waals surface area contributed by atoms with Gasteiger partial charge in [0.1, 0.15) is 0 Å². The van der Waals surface area contributed by atoms with Gasteiger partial charge < -0.3 is 20.5 Å². The van der Waals surface area contributed by atoms with Crippen molar-refractivity contribution in [2.45, 2.75) is 58.5 Å². The summed E-state index contributed by atoms with van der Waals surface area (Å²) in [6.45, 7) is 9.74. The molecule has 0 saturated carbocycles. The van der Waals surface area contributed by atoms with E-state index in [1.807, 2.05) is 6.92 Å². The standard InChI is InChI=1S/C14H26N2O4/c1-12(2,10(17)18)13(3,4)15-11(19)16-14(5)7-6-8-20-9-14/h6-9H2,1-5H3,(H,17,18)(H2,15,16,19). The van der Waals surface area contributed by atoms with Crippen molar-refractivity contribution in [2.24, 2.45) is 5.41 Å². The van der Waals surface area contributed by atoms with Gasteiger partial charge in [0.15, 0.2) is 0 Å². The van der Waals surface area contributed by atoms with Crippen molar-refractivity contribution in [2.75, 3.05) is 13.2 Å². The lowest BCUT2D eigenvalue weighted by Gasteiger charge is -2.41. The summed E-state index contributed by atoms with van der Waals surface area (Å²) >= 11 is 0. The zero-order chi connectivity index (χ0) is 15.6. The van der Waals surface area contributed by atoms with E-state index in [1.165, 1.54) is 0 Å². The molecule has 1 aliphatic rings. The van der Waals surface area contributed by atoms with Gasteiger partial charge in [0.05, 0.1) is 23.1 Å². The average molecular weight is 286 g/mol. The fourth-order valence-electron chi connectivity index (χ4n) is 2.05. The summed E-state index contributed by atoms with van der Waals surface area (Å²) in [7, 11) is 0. The molecule has 1 rings (SSSR count). The van der Waals surface area contributed by atoms with Gasteiger partial charge in [0.2, 0.25) is 0 Å². The van der Waals surface area contributed by atoms with E-state index >= 15 is 0 Å². The SMILES string of the molecule is CC1(NC(=O)NC(C)(C)C(C)(C)C(=O)O)CCCOC1. The van der Waals surface area contributed by atoms with Gasteiger partial charge in [-0.05, 0) is 47.5 Å². The molecular weight excluding hydrogens is 260 g/mol. The Morgan fingerprint density at radius 3 is 2.30 bits per heavy atom. The first-order valence-electron chi connectivity index (χ1n) is 6.92. The van der Waals surface area contributed by atoms with Gasteiger partial charge in [-0.3, -0.25) is 4.79 Å². The Bertz CT molecular complexity index is 385. The maximum atomic E-state index is 12.1. The molecule has 2 amide bonds. The molecule has 0 aromatic rings. The van der Waals surface area contributed by atoms with Gasteiger partial charge in [0.25, 0.3) is 0 Å². The molecule has 0 bridgehead atoms. The van der Waals surface area contributed by atoms with Crippen molar-refractivity contribution < 1.29 is 19.4 Å². The third kappa shape index (κ3) is 3.62. The van der Waals surface area contributed by atoms with Crippen molar-refractivity contribution in [3.63, 3.8) is 0 Å². The van der Waals surface area contributed by atoms with Crippen LogP contribution in [0.2, 0.25) is 0 Å². The summed E-state index contributed by atoms with van der Waals surface area (Å²) in [4.78, 5) is 23.4. The average Bonchev–Trinajstić information content (AvgIpc) is 2.27. The van der Waals surface area contributed by atoms with Crippen molar-refractivity contribution in [3.05, 3.63) is 0 Å². The van der Waals surface area contributed by atoms with Crippen molar-refractivity contribution >= 4 is 12.0 Å². The molecule has 1 unspecified atom stereocenters. The van der Waals surface area contributed by atoms with E-state index in [-0.39, 0.29) is 6.03 Å². The molecule has 116 valence electrons. The number of nitrogens with one attached hydrogen (secondary N) is 2. The van der Waals surface area contributed by atoms with Crippen LogP contribution in [0.5, 0.6) is 0 Å². The molecule has 1 saturated heterocycles. The minimum absolute atomic E-state index is 0.364. The fraction of sp³-hybridized carbons (Fsp3) is 0.857. The number of carboxylic acid groups (broad SMARTS) is 1. The summed E-state index contributed by atoms with van der Waals surface area (Å²) in [6.07, 6.45) is 1.75. The van der Waals surface area contributed by atoms with Gasteiger partial charge in [-0.2, -0.15) is 0 Å². The molecule has 0 radical (unpaired) electrons. The summed E-state index contributed by atoms with van der Waals surface area (Å²) in [5.41, 5.74) is -2.35. The number of carbonyl (C=O) groups is 2. The van der Waals surface area contributed by atoms with E-state index < -0.39 is 22.5 Å². The lowest BCUT2D eigenvalue weighted by Crippen LogP contribution is -2.62. The van der Waals surface area contributed by atoms with Crippen LogP contribution in [0.25, 0.3) is 0 Å². The topological polar surface area (TPSA) is 87.7 Å². The Labute approximate surface area is 120 Å². The summed E-state index contributed by atoms with van der Waals surface area (Å²) < 4.78 is 5.38. The molecule has 3 N–H and O–H groups in total. The van der Waals surface area contributed by atoms with Crippen LogP contribution < -0.4 is 10.6 Å². The molecule has 1 heterocycles. The number of aliphatic carboxylic acids is 1. The maximum absolute atomic E-state index is 12.1. The minimum atomic E-state index is -1.08. The second-order valence-electron chi connectivity index (χ2n) is 6.85. The summed E-state index contributed by atoms with van der Waals surface area (Å²) in [5.74, 6) is -0.949. The second kappa shape index (κ2) is 5.60. The third-order valence-corrected chi connectivity index (χ3v) is 4.38. The summed E-state index contributed by atoms with van der Waals surface area (Å²) in [6, 6.07) is -0.364. The predicted octanol–water partition coefficient (Wildman–Crippen LogP) is 1.74. The molecular formula is C14H26N2O4. The highest BCUT2D eigenvalue weighted by Gasteiger charge is 2.45. The number of rotatable bonds is 4. The highest BCUT2D eigenvalue weighted by Crippen LogP contribution is 2.30. The number of amides is 2. The zero-order valence-electron chi connectivity index (χ0n) is 13.0. The molecule has 6 nitrogen and oxygen atoms in total. The highest BCUT2D eigenvalue weighted by atomic mass is 16.5. The van der Waals surface area contributed by atoms with Crippen LogP contribution in [0.4, 0.5) is 4.79 Å². The number of hydrogen-bond donors (Lipinski definition) is 3. The Morgan fingerprint density at radius 2 is 1.85 bits per heavy atom. The van der Waals surface area contributed by atoms with Gasteiger partial charge in [-0.15, -0.1) is 0 Å². The third-order valence-electron chi connectivity index (χ3n) is 4.38. The molecule has 0 aliphatic carbocycles. The van der Waals surface area contributed by atoms with E-state index in [9.17, 15) is 14.7 Å². The first-order chi connectivity index (χ1) is 9.00. The lowest BCUT2D eigenvalue weighted by atomic mass is 9.74. The number of carboxylic acids is 1. The largest absolute Gasteiger partial charge is 0.481 e. The molecule has 1 aliphatic heterocycles. The number of urea groups is 1. The predicted molar refractivity (Wildman–Crippen MR) is 75.6 cm³/mol. The van der Waals surface area contributed by atoms with Crippen molar-refractivity contribution in [1.82, 2.24) is 10.6 Å². The minimum Gasteiger partial charge on any atom is -0.481 e. The van der Waals surface area contributed by atoms with Crippen LogP contribution in [0.1, 0.15) is 47.5 Å². The molecule has 6 heteroatoms. The fourth-order valence-corrected chi connectivity index (χ4v) is 2.05. The summed E-state index contributed by atoms with van der Waals surface area (Å²) in [5, 5.41) is 14.9. The van der Waals surface area contributed by atoms with Crippen molar-refractivity contribution in [3.8, 4) is 0 Å². The normalized spacial score (nSPS) is 24.1. The molecule has 0 aromatic heterocycles. The zero-order valence-corrected chi connectivity index (χ0v) is 13.0. The molecule has 20 heavy (non-hydrogen) atoms. The second-order valence-corrected chi connectivity index (χ2v) is 6.85. The van der Waals surface area contributed by atoms with Crippen LogP contribution >= 0.6 is 0 Å². The lowest BCUT2D eigenvalue weighted by molar-refractivity contribution is -0.150. The smallest absolute Gasteiger partial charge is 0.315 e. The van der Waals surface area contributed by atoms with Gasteiger partial charge in [-0.25, -0.2) is 4.79 Å². The van der Waals surface area contributed by atoms with E-state index in [0.717, 1.165) is 19.4 Å². The van der Waals surface area contributed by atoms with E-state index in [0.29, 0.717) is 6.61 Å². The van der Waals surface area contributed by atoms with E-state index in [1.54, 1.807) is 27.7 Å². The van der Waals surface area contributed by atoms with Gasteiger partial charge in [0, 0.05) is 6.61 Å². The van der Waals surface area contributed by atoms with E-state index in [2.05, 4.69) is 10.6 Å². The number of carbonyl (C=O) groups excluding carboxylic acids is 1. The van der Waals surface area contributed by atoms with Crippen LogP contribution in [0.15, 0.2) is 0 Å². The maximum Gasteiger partial charge on any atom is 0.315 e. The highest BCUT2D eigenvalue weighted by molar-refractivity contribution is 5.80. The van der Waals surface area contributed by atoms with Crippen LogP contribution in [0, 0.1) is 5.41 Å². The Morgan fingerprint density at radius 1 is 1.25 bits per heavy atom. The van der Waals surface area contributed by atoms with Crippen LogP contribution in [-0.4, -0.2) is 41.4 Å². The Hall–Kier alpha value is -1.30. The first kappa shape index (κ1) is 16.8. The number of hydrogen-bond acceptors (Lipinski definition) is 3. The molecule has 1 fully saturated rings. The van der Waals surface area contributed by atoms with Crippen LogP contribution in [0.3, 0.4) is 0 Å². The quantitative estimate of drug-likeness (QED) is 0.734. The van der Waals surface area contributed by atoms with Crippen molar-refractivity contribution in [1.29, 1.82) is 0 Å². The monoisotopic (exact) mass is 286 g/mol.